The summed E-state index contributed by atoms with van der Waals surface area (Å²) in [6, 6.07) is -2.02. The predicted molar refractivity (Wildman–Crippen MR) is 98.6 cm³/mol. The second kappa shape index (κ2) is 14.1. The van der Waals surface area contributed by atoms with Gasteiger partial charge in [0.1, 0.15) is 0 Å². The van der Waals surface area contributed by atoms with Crippen molar-refractivity contribution < 1.29 is 32.4 Å². The van der Waals surface area contributed by atoms with Crippen LogP contribution in [0.1, 0.15) is 38.5 Å². The van der Waals surface area contributed by atoms with Crippen molar-refractivity contribution in [2.45, 2.75) is 56.8 Å². The molecule has 0 aromatic carbocycles. The number of amides is 2. The van der Waals surface area contributed by atoms with Crippen LogP contribution in [0.15, 0.2) is 0 Å². The first-order valence-corrected chi connectivity index (χ1v) is 9.34. The molecule has 0 aromatic heterocycles. The molecular formula is C16H31F3N6O4. The summed E-state index contributed by atoms with van der Waals surface area (Å²) < 4.78 is 37.4. The third-order valence-corrected chi connectivity index (χ3v) is 3.88. The number of unbranched alkanes of at least 4 members (excludes halogenated alkanes) is 2. The lowest BCUT2D eigenvalue weighted by atomic mass is 10.1. The van der Waals surface area contributed by atoms with Gasteiger partial charge in [-0.25, -0.2) is 4.79 Å². The quantitative estimate of drug-likeness (QED) is 0.180. The lowest BCUT2D eigenvalue weighted by molar-refractivity contribution is -0.237. The molecule has 29 heavy (non-hydrogen) atoms. The maximum Gasteiger partial charge on any atom is 0.493 e. The van der Waals surface area contributed by atoms with E-state index < -0.39 is 42.6 Å². The topological polar surface area (TPSA) is 180 Å². The second-order valence-corrected chi connectivity index (χ2v) is 6.39. The lowest BCUT2D eigenvalue weighted by Crippen LogP contribution is -2.50. The first-order chi connectivity index (χ1) is 13.5. The average Bonchev–Trinajstić information content (AvgIpc) is 2.65. The molecule has 0 bridgehead atoms. The summed E-state index contributed by atoms with van der Waals surface area (Å²) in [7, 11) is 0. The monoisotopic (exact) mass is 428 g/mol. The fraction of sp³-hybridized carbons (Fsp3) is 0.812. The van der Waals surface area contributed by atoms with Crippen molar-refractivity contribution >= 4 is 17.8 Å². The zero-order chi connectivity index (χ0) is 22.4. The van der Waals surface area contributed by atoms with Crippen LogP contribution in [-0.2, 0) is 19.2 Å². The predicted octanol–water partition coefficient (Wildman–Crippen LogP) is -1.14. The van der Waals surface area contributed by atoms with Crippen molar-refractivity contribution in [1.29, 1.82) is 0 Å². The van der Waals surface area contributed by atoms with Gasteiger partial charge in [-0.05, 0) is 38.8 Å². The second-order valence-electron chi connectivity index (χ2n) is 6.39. The molecule has 0 saturated carbocycles. The molecule has 0 saturated heterocycles. The summed E-state index contributed by atoms with van der Waals surface area (Å²) in [5, 5.41) is 2.59. The van der Waals surface area contributed by atoms with Crippen molar-refractivity contribution in [3.05, 3.63) is 0 Å². The zero-order valence-electron chi connectivity index (χ0n) is 16.2. The summed E-state index contributed by atoms with van der Waals surface area (Å²) in [6.07, 6.45) is -2.40. The first kappa shape index (κ1) is 27.0. The Labute approximate surface area is 167 Å². The van der Waals surface area contributed by atoms with Crippen LogP contribution in [0.5, 0.6) is 0 Å². The number of carbonyl (C=O) groups is 3. The van der Waals surface area contributed by atoms with Gasteiger partial charge in [0.25, 0.3) is 5.91 Å². The van der Waals surface area contributed by atoms with Crippen LogP contribution in [0, 0.1) is 0 Å². The highest BCUT2D eigenvalue weighted by atomic mass is 19.4. The molecule has 0 rings (SSSR count). The maximum absolute atomic E-state index is 12.5. The normalized spacial score (nSPS) is 13.5. The number of nitrogens with one attached hydrogen (secondary N) is 1. The van der Waals surface area contributed by atoms with Gasteiger partial charge < -0.3 is 33.1 Å². The van der Waals surface area contributed by atoms with Crippen LogP contribution in [0.3, 0.4) is 0 Å². The minimum atomic E-state index is -5.29. The number of hydroxylamine groups is 2. The number of hydrogen-bond donors (Lipinski definition) is 5. The molecule has 0 unspecified atom stereocenters. The zero-order valence-corrected chi connectivity index (χ0v) is 16.2. The van der Waals surface area contributed by atoms with Gasteiger partial charge in [-0.1, -0.05) is 12.8 Å². The Kier molecular flexibility index (Phi) is 13.1. The van der Waals surface area contributed by atoms with Gasteiger partial charge in [0.15, 0.2) is 0 Å². The minimum Gasteiger partial charge on any atom is -0.353 e. The van der Waals surface area contributed by atoms with E-state index in [9.17, 15) is 27.6 Å². The molecule has 0 heterocycles. The van der Waals surface area contributed by atoms with Gasteiger partial charge in [-0.3, -0.25) is 9.59 Å². The van der Waals surface area contributed by atoms with Gasteiger partial charge in [0.2, 0.25) is 5.91 Å². The van der Waals surface area contributed by atoms with Crippen LogP contribution in [0.25, 0.3) is 0 Å². The summed E-state index contributed by atoms with van der Waals surface area (Å²) >= 11 is 0. The molecule has 0 aliphatic carbocycles. The number of carbonyl (C=O) groups excluding carboxylic acids is 3. The van der Waals surface area contributed by atoms with E-state index >= 15 is 0 Å². The van der Waals surface area contributed by atoms with E-state index in [2.05, 4.69) is 10.2 Å². The Morgan fingerprint density at radius 2 is 1.45 bits per heavy atom. The minimum absolute atomic E-state index is 0.147. The van der Waals surface area contributed by atoms with Crippen LogP contribution in [0.4, 0.5) is 13.2 Å². The number of alkyl halides is 3. The van der Waals surface area contributed by atoms with E-state index in [1.54, 1.807) is 0 Å². The highest BCUT2D eigenvalue weighted by Gasteiger charge is 2.43. The number of nitrogens with zero attached hydrogens (tertiary/aromatic N) is 1. The van der Waals surface area contributed by atoms with Gasteiger partial charge in [-0.2, -0.15) is 18.2 Å². The van der Waals surface area contributed by atoms with Crippen LogP contribution in [0.2, 0.25) is 0 Å². The van der Waals surface area contributed by atoms with E-state index in [0.29, 0.717) is 45.2 Å². The molecule has 0 aliphatic heterocycles. The Hall–Kier alpha value is -1.96. The smallest absolute Gasteiger partial charge is 0.353 e. The van der Waals surface area contributed by atoms with E-state index in [4.69, 9.17) is 22.9 Å². The Morgan fingerprint density at radius 3 is 1.93 bits per heavy atom. The van der Waals surface area contributed by atoms with Gasteiger partial charge in [0.05, 0.1) is 18.6 Å². The number of halogens is 3. The van der Waals surface area contributed by atoms with Crippen molar-refractivity contribution in [2.24, 2.45) is 22.9 Å². The van der Waals surface area contributed by atoms with Gasteiger partial charge in [-0.15, -0.1) is 0 Å². The molecule has 10 nitrogen and oxygen atoms in total. The molecule has 0 aromatic rings. The molecule has 2 amide bonds. The SMILES string of the molecule is NCCCC[C@H](N)C(=O)NCCN(OC(=O)C(F)(F)F)C(=O)[C@@H](N)CCCCN. The Morgan fingerprint density at radius 1 is 0.931 bits per heavy atom. The standard InChI is InChI=1S/C16H31F3N6O4/c17-16(18,19)15(28)29-25(14(27)12(23)6-2-4-8-21)10-9-24-13(26)11(22)5-1-3-7-20/h11-12H,1-10,20-23H2,(H,24,26)/t11-,12-/m0/s1. The fourth-order valence-corrected chi connectivity index (χ4v) is 2.22. The summed E-state index contributed by atoms with van der Waals surface area (Å²) in [4.78, 5) is 39.4. The van der Waals surface area contributed by atoms with E-state index in [0.717, 1.165) is 0 Å². The molecule has 0 aliphatic rings. The number of nitrogens with two attached hydrogens (primary N) is 4. The van der Waals surface area contributed by atoms with Crippen LogP contribution < -0.4 is 28.3 Å². The van der Waals surface area contributed by atoms with Gasteiger partial charge in [0, 0.05) is 6.54 Å². The summed E-state index contributed by atoms with van der Waals surface area (Å²) in [6.45, 7) is 0.0229. The number of hydrogen-bond acceptors (Lipinski definition) is 8. The Balaban J connectivity index is 4.79. The van der Waals surface area contributed by atoms with Crippen molar-refractivity contribution in [1.82, 2.24) is 10.4 Å². The largest absolute Gasteiger partial charge is 0.493 e. The maximum atomic E-state index is 12.5. The molecule has 13 heteroatoms. The molecule has 0 radical (unpaired) electrons. The molecule has 0 fully saturated rings. The van der Waals surface area contributed by atoms with Crippen LogP contribution >= 0.6 is 0 Å². The van der Waals surface area contributed by atoms with Crippen LogP contribution in [-0.4, -0.2) is 67.3 Å². The molecule has 9 N–H and O–H groups in total. The van der Waals surface area contributed by atoms with E-state index in [1.807, 2.05) is 0 Å². The highest BCUT2D eigenvalue weighted by Crippen LogP contribution is 2.17. The van der Waals surface area contributed by atoms with Gasteiger partial charge >= 0.3 is 12.1 Å². The van der Waals surface area contributed by atoms with E-state index in [-0.39, 0.29) is 18.0 Å². The molecule has 170 valence electrons. The first-order valence-electron chi connectivity index (χ1n) is 9.34. The fourth-order valence-electron chi connectivity index (χ4n) is 2.22. The van der Waals surface area contributed by atoms with E-state index in [1.165, 1.54) is 0 Å². The van der Waals surface area contributed by atoms with Crippen molar-refractivity contribution in [3.63, 3.8) is 0 Å². The average molecular weight is 428 g/mol. The summed E-state index contributed by atoms with van der Waals surface area (Å²) in [5.74, 6) is -4.13. The third kappa shape index (κ3) is 11.6. The summed E-state index contributed by atoms with van der Waals surface area (Å²) in [5.41, 5.74) is 22.0. The number of rotatable bonds is 13. The third-order valence-electron chi connectivity index (χ3n) is 3.88. The molecule has 2 atom stereocenters. The van der Waals surface area contributed by atoms with Crippen molar-refractivity contribution in [3.8, 4) is 0 Å². The lowest BCUT2D eigenvalue weighted by Gasteiger charge is -2.25. The van der Waals surface area contributed by atoms with Crippen molar-refractivity contribution in [2.75, 3.05) is 26.2 Å². The highest BCUT2D eigenvalue weighted by molar-refractivity contribution is 5.84. The Bertz CT molecular complexity index is 521. The molecule has 0 spiro atoms. The molecular weight excluding hydrogens is 397 g/mol.